The normalized spacial score (nSPS) is 15.4. The molecule has 30 heavy (non-hydrogen) atoms. The molecule has 1 aromatic heterocycles. The van der Waals surface area contributed by atoms with E-state index in [1.54, 1.807) is 18.2 Å². The van der Waals surface area contributed by atoms with Gasteiger partial charge in [-0.25, -0.2) is 9.37 Å². The van der Waals surface area contributed by atoms with Crippen LogP contribution in [0.3, 0.4) is 0 Å². The third kappa shape index (κ3) is 4.03. The molecule has 0 radical (unpaired) electrons. The number of benzene rings is 2. The Labute approximate surface area is 183 Å². The number of rotatable bonds is 5. The first-order valence-electron chi connectivity index (χ1n) is 10.3. The van der Waals surface area contributed by atoms with Gasteiger partial charge in [0.05, 0.1) is 17.1 Å². The second kappa shape index (κ2) is 8.68. The Balaban J connectivity index is 1.76. The van der Waals surface area contributed by atoms with E-state index in [4.69, 9.17) is 0 Å². The number of hydrogen-bond donors (Lipinski definition) is 0. The van der Waals surface area contributed by atoms with E-state index < -0.39 is 0 Å². The second-order valence-electron chi connectivity index (χ2n) is 7.70. The topological polar surface area (TPSA) is 50.5 Å². The van der Waals surface area contributed by atoms with Crippen LogP contribution in [0, 0.1) is 5.82 Å². The van der Waals surface area contributed by atoms with E-state index in [1.807, 2.05) is 32.0 Å². The molecule has 156 valence electrons. The fourth-order valence-electron chi connectivity index (χ4n) is 3.69. The number of anilines is 1. The van der Waals surface area contributed by atoms with E-state index in [9.17, 15) is 9.18 Å². The van der Waals surface area contributed by atoms with Crippen LogP contribution in [0.2, 0.25) is 0 Å². The zero-order chi connectivity index (χ0) is 21.3. The maximum atomic E-state index is 14.7. The van der Waals surface area contributed by atoms with Gasteiger partial charge in [0.15, 0.2) is 0 Å². The van der Waals surface area contributed by atoms with Crippen molar-refractivity contribution in [2.75, 3.05) is 18.0 Å². The van der Waals surface area contributed by atoms with Crippen molar-refractivity contribution in [3.63, 3.8) is 0 Å². The van der Waals surface area contributed by atoms with Crippen LogP contribution in [0.5, 0.6) is 0 Å². The average molecular weight is 471 g/mol. The average Bonchev–Trinajstić information content (AvgIpc) is 3.28. The van der Waals surface area contributed by atoms with E-state index in [2.05, 4.69) is 30.9 Å². The highest BCUT2D eigenvalue weighted by Gasteiger charge is 2.16. The van der Waals surface area contributed by atoms with Crippen LogP contribution in [-0.4, -0.2) is 29.0 Å². The fraction of sp³-hybridized carbons (Fsp3) is 0.348. The Bertz CT molecular complexity index is 1170. The van der Waals surface area contributed by atoms with Crippen LogP contribution in [0.15, 0.2) is 50.8 Å². The number of hydrogen-bond acceptors (Lipinski definition) is 4. The monoisotopic (exact) mass is 470 g/mol. The van der Waals surface area contributed by atoms with Gasteiger partial charge in [0.25, 0.3) is 5.56 Å². The van der Waals surface area contributed by atoms with E-state index >= 15 is 0 Å². The molecule has 0 bridgehead atoms. The van der Waals surface area contributed by atoms with Crippen LogP contribution in [-0.2, 0) is 0 Å². The SMILES string of the molecule is CC[C@@H](C)c1nc2ccc(Br)cc2c(=O)n1N=Cc1ccc(N2CCCC2)cc1F. The van der Waals surface area contributed by atoms with E-state index in [1.165, 1.54) is 10.9 Å². The minimum Gasteiger partial charge on any atom is -0.371 e. The maximum Gasteiger partial charge on any atom is 0.282 e. The Kier molecular flexibility index (Phi) is 5.99. The molecule has 1 aliphatic rings. The van der Waals surface area contributed by atoms with Crippen LogP contribution in [0.1, 0.15) is 50.4 Å². The van der Waals surface area contributed by atoms with Gasteiger partial charge in [-0.05, 0) is 55.7 Å². The van der Waals surface area contributed by atoms with Crippen LogP contribution in [0.25, 0.3) is 10.9 Å². The van der Waals surface area contributed by atoms with Crippen molar-refractivity contribution in [3.05, 3.63) is 68.4 Å². The van der Waals surface area contributed by atoms with E-state index in [0.29, 0.717) is 22.3 Å². The summed E-state index contributed by atoms with van der Waals surface area (Å²) in [6.07, 6.45) is 4.49. The van der Waals surface area contributed by atoms with Crippen molar-refractivity contribution in [2.45, 2.75) is 39.0 Å². The fourth-order valence-corrected chi connectivity index (χ4v) is 4.05. The molecule has 3 aromatic rings. The zero-order valence-electron chi connectivity index (χ0n) is 17.1. The van der Waals surface area contributed by atoms with Crippen molar-refractivity contribution in [1.29, 1.82) is 0 Å². The maximum absolute atomic E-state index is 14.7. The first kappa shape index (κ1) is 20.7. The second-order valence-corrected chi connectivity index (χ2v) is 8.62. The summed E-state index contributed by atoms with van der Waals surface area (Å²) >= 11 is 3.40. The summed E-state index contributed by atoms with van der Waals surface area (Å²) in [5, 5.41) is 4.83. The van der Waals surface area contributed by atoms with Crippen molar-refractivity contribution in [3.8, 4) is 0 Å². The molecule has 7 heteroatoms. The molecule has 1 atom stereocenters. The molecule has 2 heterocycles. The summed E-state index contributed by atoms with van der Waals surface area (Å²) in [6, 6.07) is 10.6. The lowest BCUT2D eigenvalue weighted by Crippen LogP contribution is -2.23. The first-order chi connectivity index (χ1) is 14.5. The molecule has 1 aliphatic heterocycles. The van der Waals surface area contributed by atoms with Gasteiger partial charge < -0.3 is 4.90 Å². The summed E-state index contributed by atoms with van der Waals surface area (Å²) in [6.45, 7) is 5.95. The molecule has 1 saturated heterocycles. The van der Waals surface area contributed by atoms with Gasteiger partial charge in [-0.1, -0.05) is 29.8 Å². The molecular weight excluding hydrogens is 447 g/mol. The molecule has 0 unspecified atom stereocenters. The van der Waals surface area contributed by atoms with Gasteiger partial charge in [-0.2, -0.15) is 9.78 Å². The standard InChI is InChI=1S/C23H24BrFN4O/c1-3-15(2)22-27-21-9-7-17(24)12-19(21)23(30)29(22)26-14-16-6-8-18(13-20(16)25)28-10-4-5-11-28/h6-9,12-15H,3-5,10-11H2,1-2H3/t15-/m1/s1. The lowest BCUT2D eigenvalue weighted by Gasteiger charge is -2.17. The summed E-state index contributed by atoms with van der Waals surface area (Å²) in [4.78, 5) is 20.0. The molecule has 0 N–H and O–H groups in total. The van der Waals surface area contributed by atoms with Gasteiger partial charge >= 0.3 is 0 Å². The molecule has 2 aromatic carbocycles. The smallest absolute Gasteiger partial charge is 0.282 e. The Morgan fingerprint density at radius 2 is 2.00 bits per heavy atom. The molecule has 0 aliphatic carbocycles. The lowest BCUT2D eigenvalue weighted by atomic mass is 10.1. The first-order valence-corrected chi connectivity index (χ1v) is 11.1. The largest absolute Gasteiger partial charge is 0.371 e. The van der Waals surface area contributed by atoms with Gasteiger partial charge in [0, 0.05) is 34.7 Å². The summed E-state index contributed by atoms with van der Waals surface area (Å²) in [5.74, 6) is 0.255. The molecular formula is C23H24BrFN4O. The van der Waals surface area contributed by atoms with Gasteiger partial charge in [-0.3, -0.25) is 4.79 Å². The highest BCUT2D eigenvalue weighted by molar-refractivity contribution is 9.10. The van der Waals surface area contributed by atoms with Gasteiger partial charge in [0.2, 0.25) is 0 Å². The molecule has 1 fully saturated rings. The number of aromatic nitrogens is 2. The minimum atomic E-state index is -0.349. The molecule has 5 nitrogen and oxygen atoms in total. The van der Waals surface area contributed by atoms with Gasteiger partial charge in [0.1, 0.15) is 11.6 Å². The number of nitrogens with zero attached hydrogens (tertiary/aromatic N) is 4. The van der Waals surface area contributed by atoms with Crippen molar-refractivity contribution >= 4 is 38.7 Å². The third-order valence-corrected chi connectivity index (χ3v) is 6.15. The predicted octanol–water partition coefficient (Wildman–Crippen LogP) is 5.29. The molecule has 0 amide bonds. The summed E-state index contributed by atoms with van der Waals surface area (Å²) in [7, 11) is 0. The number of halogens is 2. The van der Waals surface area contributed by atoms with E-state index in [-0.39, 0.29) is 17.3 Å². The van der Waals surface area contributed by atoms with E-state index in [0.717, 1.165) is 42.5 Å². The van der Waals surface area contributed by atoms with Crippen molar-refractivity contribution < 1.29 is 4.39 Å². The predicted molar refractivity (Wildman–Crippen MR) is 123 cm³/mol. The molecule has 0 spiro atoms. The summed E-state index contributed by atoms with van der Waals surface area (Å²) in [5.41, 5.74) is 1.60. The lowest BCUT2D eigenvalue weighted by molar-refractivity contribution is 0.611. The number of fused-ring (bicyclic) bond motifs is 1. The molecule has 4 rings (SSSR count). The summed E-state index contributed by atoms with van der Waals surface area (Å²) < 4.78 is 16.8. The van der Waals surface area contributed by atoms with Crippen LogP contribution < -0.4 is 10.5 Å². The Hall–Kier alpha value is -2.54. The van der Waals surface area contributed by atoms with Crippen molar-refractivity contribution in [1.82, 2.24) is 9.66 Å². The molecule has 0 saturated carbocycles. The highest BCUT2D eigenvalue weighted by Crippen LogP contribution is 2.23. The van der Waals surface area contributed by atoms with Crippen LogP contribution in [0.4, 0.5) is 10.1 Å². The van der Waals surface area contributed by atoms with Crippen LogP contribution >= 0.6 is 15.9 Å². The zero-order valence-corrected chi connectivity index (χ0v) is 18.7. The van der Waals surface area contributed by atoms with Crippen molar-refractivity contribution in [2.24, 2.45) is 5.10 Å². The Morgan fingerprint density at radius 1 is 1.23 bits per heavy atom. The highest BCUT2D eigenvalue weighted by atomic mass is 79.9. The Morgan fingerprint density at radius 3 is 2.70 bits per heavy atom. The minimum absolute atomic E-state index is 0.0327. The third-order valence-electron chi connectivity index (χ3n) is 5.65. The van der Waals surface area contributed by atoms with Gasteiger partial charge in [-0.15, -0.1) is 0 Å². The quantitative estimate of drug-likeness (QED) is 0.475.